The summed E-state index contributed by atoms with van der Waals surface area (Å²) in [4.78, 5) is 19.8. The molecule has 0 radical (unpaired) electrons. The molecule has 0 bridgehead atoms. The maximum atomic E-state index is 15.4. The summed E-state index contributed by atoms with van der Waals surface area (Å²) in [5.41, 5.74) is 0.884. The Bertz CT molecular complexity index is 1380. The number of anilines is 2. The van der Waals surface area contributed by atoms with Gasteiger partial charge in [0.1, 0.15) is 5.69 Å². The first kappa shape index (κ1) is 29.3. The van der Waals surface area contributed by atoms with E-state index < -0.39 is 21.9 Å². The molecule has 0 aliphatic heterocycles. The Labute approximate surface area is 219 Å². The van der Waals surface area contributed by atoms with Crippen LogP contribution < -0.4 is 15.4 Å². The number of alkyl carbamates (subject to hydrolysis) is 1. The Hall–Kier alpha value is -3.89. The number of halogens is 2. The minimum absolute atomic E-state index is 0.00782. The minimum Gasteiger partial charge on any atom is -0.453 e. The van der Waals surface area contributed by atoms with Crippen molar-refractivity contribution in [1.29, 1.82) is 0 Å². The Balaban J connectivity index is 0.00000235. The van der Waals surface area contributed by atoms with E-state index in [1.54, 1.807) is 16.9 Å². The number of amides is 1. The molecule has 198 valence electrons. The number of hydrogen-bond acceptors (Lipinski definition) is 8. The van der Waals surface area contributed by atoms with Crippen LogP contribution in [0.4, 0.5) is 20.8 Å². The van der Waals surface area contributed by atoms with Crippen molar-refractivity contribution in [3.05, 3.63) is 41.4 Å². The predicted octanol–water partition coefficient (Wildman–Crippen LogP) is 3.77. The summed E-state index contributed by atoms with van der Waals surface area (Å²) in [6, 6.07) is 4.15. The molecule has 0 atom stereocenters. The normalized spacial score (nSPS) is 10.8. The van der Waals surface area contributed by atoms with Gasteiger partial charge in [0.15, 0.2) is 5.82 Å². The van der Waals surface area contributed by atoms with Crippen LogP contribution in [-0.2, 0) is 14.8 Å². The van der Waals surface area contributed by atoms with E-state index in [9.17, 15) is 13.2 Å². The summed E-state index contributed by atoms with van der Waals surface area (Å²) >= 11 is 6.19. The quantitative estimate of drug-likeness (QED) is 0.270. The zero-order valence-electron chi connectivity index (χ0n) is 20.6. The highest BCUT2D eigenvalue weighted by atomic mass is 35.5. The van der Waals surface area contributed by atoms with E-state index in [2.05, 4.69) is 48.0 Å². The van der Waals surface area contributed by atoms with Crippen LogP contribution in [0.5, 0.6) is 0 Å². The van der Waals surface area contributed by atoms with Gasteiger partial charge >= 0.3 is 6.09 Å². The van der Waals surface area contributed by atoms with Crippen LogP contribution in [-0.4, -0.2) is 60.7 Å². The van der Waals surface area contributed by atoms with E-state index in [1.165, 1.54) is 25.4 Å². The predicted molar refractivity (Wildman–Crippen MR) is 141 cm³/mol. The van der Waals surface area contributed by atoms with E-state index in [-0.39, 0.29) is 40.5 Å². The van der Waals surface area contributed by atoms with Crippen molar-refractivity contribution in [2.24, 2.45) is 0 Å². The number of methoxy groups -OCH3 is 1. The van der Waals surface area contributed by atoms with Gasteiger partial charge in [-0.15, -0.1) is 12.8 Å². The molecule has 0 saturated heterocycles. The van der Waals surface area contributed by atoms with Crippen molar-refractivity contribution in [2.45, 2.75) is 19.9 Å². The van der Waals surface area contributed by atoms with Crippen molar-refractivity contribution in [3.63, 3.8) is 0 Å². The summed E-state index contributed by atoms with van der Waals surface area (Å²) in [6.45, 7) is 4.43. The smallest absolute Gasteiger partial charge is 0.406 e. The number of ether oxygens (including phenoxy) is 1. The van der Waals surface area contributed by atoms with Gasteiger partial charge in [0.05, 0.1) is 24.7 Å². The number of terminal acetylenes is 1. The standard InChI is InChI=1S/C21H25ClFN7O4S.C2H2/c1-12(2)30-11-15(16-5-6-24-20(27-16)25-7-8-26-21(31)34-3)19(28-30)14-9-13(22)10-17(18(14)23)29-35(4,32)33;1-2/h5-6,9-12,29H,7-8H2,1-4H3,(H,26,31)(H,24,25,27);1-2H. The Morgan fingerprint density at radius 1 is 1.24 bits per heavy atom. The van der Waals surface area contributed by atoms with Gasteiger partial charge < -0.3 is 15.4 Å². The minimum atomic E-state index is -3.75. The van der Waals surface area contributed by atoms with Gasteiger partial charge in [0, 0.05) is 47.7 Å². The van der Waals surface area contributed by atoms with Gasteiger partial charge in [-0.1, -0.05) is 11.6 Å². The summed E-state index contributed by atoms with van der Waals surface area (Å²) < 4.78 is 47.1. The second-order valence-corrected chi connectivity index (χ2v) is 9.95. The van der Waals surface area contributed by atoms with Crippen LogP contribution in [0.3, 0.4) is 0 Å². The van der Waals surface area contributed by atoms with Crippen LogP contribution in [0.15, 0.2) is 30.6 Å². The van der Waals surface area contributed by atoms with Crippen molar-refractivity contribution in [1.82, 2.24) is 25.1 Å². The lowest BCUT2D eigenvalue weighted by atomic mass is 10.0. The number of sulfonamides is 1. The number of nitrogens with one attached hydrogen (secondary N) is 3. The van der Waals surface area contributed by atoms with Crippen LogP contribution in [0.1, 0.15) is 19.9 Å². The summed E-state index contributed by atoms with van der Waals surface area (Å²) in [7, 11) is -2.48. The SMILES string of the molecule is C#C.COC(=O)NCCNc1nccc(-c2cn(C(C)C)nc2-c2cc(Cl)cc(NS(C)(=O)=O)c2F)n1. The number of nitrogens with zero attached hydrogens (tertiary/aromatic N) is 4. The maximum absolute atomic E-state index is 15.4. The van der Waals surface area contributed by atoms with Gasteiger partial charge in [-0.2, -0.15) is 5.10 Å². The zero-order valence-corrected chi connectivity index (χ0v) is 22.2. The summed E-state index contributed by atoms with van der Waals surface area (Å²) in [5, 5.41) is 10.2. The van der Waals surface area contributed by atoms with E-state index >= 15 is 4.39 Å². The molecule has 0 spiro atoms. The molecule has 1 aromatic carbocycles. The molecule has 0 unspecified atom stereocenters. The highest BCUT2D eigenvalue weighted by Gasteiger charge is 2.22. The van der Waals surface area contributed by atoms with E-state index in [0.29, 0.717) is 17.8 Å². The molecule has 11 nitrogen and oxygen atoms in total. The lowest BCUT2D eigenvalue weighted by molar-refractivity contribution is 0.171. The van der Waals surface area contributed by atoms with Crippen molar-refractivity contribution >= 4 is 39.4 Å². The molecule has 3 rings (SSSR count). The third kappa shape index (κ3) is 8.06. The van der Waals surface area contributed by atoms with E-state index in [0.717, 1.165) is 6.26 Å². The molecular formula is C23H27ClFN7O4S. The number of benzene rings is 1. The largest absolute Gasteiger partial charge is 0.453 e. The Morgan fingerprint density at radius 2 is 1.95 bits per heavy atom. The third-order valence-electron chi connectivity index (χ3n) is 4.64. The fourth-order valence-corrected chi connectivity index (χ4v) is 3.85. The highest BCUT2D eigenvalue weighted by molar-refractivity contribution is 7.92. The maximum Gasteiger partial charge on any atom is 0.406 e. The van der Waals surface area contributed by atoms with E-state index in [1.807, 2.05) is 13.8 Å². The lowest BCUT2D eigenvalue weighted by Crippen LogP contribution is -2.28. The van der Waals surface area contributed by atoms with Gasteiger partial charge in [0.2, 0.25) is 16.0 Å². The molecule has 14 heteroatoms. The van der Waals surface area contributed by atoms with Gasteiger partial charge in [-0.3, -0.25) is 9.40 Å². The molecule has 3 N–H and O–H groups in total. The van der Waals surface area contributed by atoms with Crippen LogP contribution in [0, 0.1) is 18.7 Å². The fourth-order valence-electron chi connectivity index (χ4n) is 3.08. The van der Waals surface area contributed by atoms with Crippen LogP contribution in [0.25, 0.3) is 22.5 Å². The molecule has 0 aliphatic rings. The Morgan fingerprint density at radius 3 is 2.57 bits per heavy atom. The van der Waals surface area contributed by atoms with Crippen LogP contribution >= 0.6 is 11.6 Å². The first-order chi connectivity index (χ1) is 17.5. The second kappa shape index (κ2) is 12.9. The number of rotatable bonds is 9. The van der Waals surface area contributed by atoms with Gasteiger partial charge in [-0.05, 0) is 32.0 Å². The van der Waals surface area contributed by atoms with Gasteiger partial charge in [-0.25, -0.2) is 27.6 Å². The summed E-state index contributed by atoms with van der Waals surface area (Å²) in [5.74, 6) is -0.542. The molecular weight excluding hydrogens is 525 g/mol. The number of hydrogen-bond donors (Lipinski definition) is 3. The monoisotopic (exact) mass is 551 g/mol. The molecule has 1 amide bonds. The Kier molecular flexibility index (Phi) is 10.2. The van der Waals surface area contributed by atoms with Crippen LogP contribution in [0.2, 0.25) is 5.02 Å². The zero-order chi connectivity index (χ0) is 27.8. The molecule has 0 aliphatic carbocycles. The second-order valence-electron chi connectivity index (χ2n) is 7.76. The highest BCUT2D eigenvalue weighted by Crippen LogP contribution is 2.37. The first-order valence-electron chi connectivity index (χ1n) is 10.8. The van der Waals surface area contributed by atoms with Crippen molar-refractivity contribution in [3.8, 4) is 35.4 Å². The molecule has 0 saturated carbocycles. The average Bonchev–Trinajstić information content (AvgIpc) is 3.30. The average molecular weight is 552 g/mol. The van der Waals surface area contributed by atoms with Crippen molar-refractivity contribution in [2.75, 3.05) is 36.5 Å². The molecule has 2 heterocycles. The number of carbonyl (C=O) groups excluding carboxylic acids is 1. The third-order valence-corrected chi connectivity index (χ3v) is 5.45. The van der Waals surface area contributed by atoms with E-state index in [4.69, 9.17) is 11.6 Å². The number of carbonyl (C=O) groups is 1. The first-order valence-corrected chi connectivity index (χ1v) is 13.0. The molecule has 2 aromatic heterocycles. The van der Waals surface area contributed by atoms with Gasteiger partial charge in [0.25, 0.3) is 0 Å². The topological polar surface area (TPSA) is 140 Å². The summed E-state index contributed by atoms with van der Waals surface area (Å²) in [6.07, 6.45) is 11.6. The molecule has 37 heavy (non-hydrogen) atoms. The van der Waals surface area contributed by atoms with Crippen molar-refractivity contribution < 1.29 is 22.3 Å². The number of aromatic nitrogens is 4. The molecule has 3 aromatic rings. The lowest BCUT2D eigenvalue weighted by Gasteiger charge is -2.11. The fraction of sp³-hybridized carbons (Fsp3) is 0.304. The molecule has 0 fully saturated rings.